The van der Waals surface area contributed by atoms with Gasteiger partial charge in [-0.3, -0.25) is 9.48 Å². The second kappa shape index (κ2) is 5.36. The van der Waals surface area contributed by atoms with Crippen molar-refractivity contribution < 1.29 is 9.53 Å². The molecular weight excluding hydrogens is 282 g/mol. The first-order valence-corrected chi connectivity index (χ1v) is 6.61. The number of primary amides is 1. The molecule has 0 saturated carbocycles. The lowest BCUT2D eigenvalue weighted by Crippen LogP contribution is -2.14. The molecule has 7 nitrogen and oxygen atoms in total. The van der Waals surface area contributed by atoms with Crippen LogP contribution in [0.25, 0.3) is 11.0 Å². The molecule has 3 aromatic rings. The number of aryl methyl sites for hydroxylation is 1. The number of fused-ring (bicyclic) bond motifs is 1. The van der Waals surface area contributed by atoms with Gasteiger partial charge in [0.1, 0.15) is 5.75 Å². The minimum absolute atomic E-state index is 0.309. The number of carbonyl (C=O) groups is 1. The highest BCUT2D eigenvalue weighted by Gasteiger charge is 2.16. The van der Waals surface area contributed by atoms with Crippen molar-refractivity contribution in [3.8, 4) is 5.75 Å². The van der Waals surface area contributed by atoms with Crippen LogP contribution in [0.2, 0.25) is 0 Å². The Kier molecular flexibility index (Phi) is 3.38. The number of methoxy groups -OCH3 is 1. The number of aromatic nitrogens is 3. The average molecular weight is 297 g/mol. The largest absolute Gasteiger partial charge is 0.497 e. The minimum Gasteiger partial charge on any atom is -0.497 e. The summed E-state index contributed by atoms with van der Waals surface area (Å²) in [6.07, 6.45) is 3.10. The van der Waals surface area contributed by atoms with Gasteiger partial charge in [0.05, 0.1) is 29.9 Å². The Balaban J connectivity index is 2.14. The van der Waals surface area contributed by atoms with Crippen LogP contribution in [0, 0.1) is 0 Å². The standard InChI is InChI=1S/C15H15N5O2/c1-20-15-12(8-18-20)13(11(7-17-15)14(16)21)19-9-4-3-5-10(6-9)22-2/h3-8H,1-2H3,(H2,16,21)(H,17,19). The first-order valence-electron chi connectivity index (χ1n) is 6.61. The van der Waals surface area contributed by atoms with Gasteiger partial charge in [0.2, 0.25) is 0 Å². The fourth-order valence-corrected chi connectivity index (χ4v) is 2.26. The van der Waals surface area contributed by atoms with Gasteiger partial charge in [-0.1, -0.05) is 6.07 Å². The summed E-state index contributed by atoms with van der Waals surface area (Å²) in [5.74, 6) is 0.158. The van der Waals surface area contributed by atoms with Crippen LogP contribution >= 0.6 is 0 Å². The molecule has 3 rings (SSSR count). The topological polar surface area (TPSA) is 95.1 Å². The Morgan fingerprint density at radius 3 is 2.91 bits per heavy atom. The van der Waals surface area contributed by atoms with Gasteiger partial charge in [-0.2, -0.15) is 5.10 Å². The molecule has 0 unspecified atom stereocenters. The summed E-state index contributed by atoms with van der Waals surface area (Å²) >= 11 is 0. The molecule has 7 heteroatoms. The fraction of sp³-hybridized carbons (Fsp3) is 0.133. The van der Waals surface area contributed by atoms with Gasteiger partial charge in [-0.25, -0.2) is 4.98 Å². The third-order valence-electron chi connectivity index (χ3n) is 3.37. The zero-order valence-electron chi connectivity index (χ0n) is 12.2. The molecule has 2 heterocycles. The minimum atomic E-state index is -0.552. The van der Waals surface area contributed by atoms with Crippen LogP contribution in [-0.2, 0) is 7.05 Å². The number of rotatable bonds is 4. The van der Waals surface area contributed by atoms with E-state index in [1.54, 1.807) is 25.0 Å². The zero-order chi connectivity index (χ0) is 15.7. The lowest BCUT2D eigenvalue weighted by molar-refractivity contribution is 0.100. The van der Waals surface area contributed by atoms with Gasteiger partial charge in [0.15, 0.2) is 5.65 Å². The summed E-state index contributed by atoms with van der Waals surface area (Å²) in [7, 11) is 3.38. The van der Waals surface area contributed by atoms with Gasteiger partial charge >= 0.3 is 0 Å². The van der Waals surface area contributed by atoms with Crippen LogP contribution in [0.5, 0.6) is 5.75 Å². The van der Waals surface area contributed by atoms with E-state index in [0.717, 1.165) is 11.1 Å². The molecule has 22 heavy (non-hydrogen) atoms. The van der Waals surface area contributed by atoms with Gasteiger partial charge in [-0.05, 0) is 12.1 Å². The molecule has 0 saturated heterocycles. The van der Waals surface area contributed by atoms with E-state index in [9.17, 15) is 4.79 Å². The number of pyridine rings is 1. The van der Waals surface area contributed by atoms with Crippen molar-refractivity contribution in [3.63, 3.8) is 0 Å². The second-order valence-corrected chi connectivity index (χ2v) is 4.77. The molecule has 1 aromatic carbocycles. The first kappa shape index (κ1) is 13.9. The quantitative estimate of drug-likeness (QED) is 0.766. The molecule has 0 bridgehead atoms. The molecule has 0 atom stereocenters. The normalized spacial score (nSPS) is 10.6. The van der Waals surface area contributed by atoms with E-state index in [0.29, 0.717) is 22.6 Å². The number of hydrogen-bond donors (Lipinski definition) is 2. The summed E-state index contributed by atoms with van der Waals surface area (Å²) in [4.78, 5) is 15.9. The highest BCUT2D eigenvalue weighted by atomic mass is 16.5. The van der Waals surface area contributed by atoms with E-state index < -0.39 is 5.91 Å². The maximum absolute atomic E-state index is 11.7. The number of amides is 1. The maximum Gasteiger partial charge on any atom is 0.252 e. The van der Waals surface area contributed by atoms with Crippen LogP contribution in [0.1, 0.15) is 10.4 Å². The lowest BCUT2D eigenvalue weighted by atomic mass is 10.1. The summed E-state index contributed by atoms with van der Waals surface area (Å²) < 4.78 is 6.84. The number of benzene rings is 1. The molecule has 112 valence electrons. The van der Waals surface area contributed by atoms with Crippen LogP contribution < -0.4 is 15.8 Å². The van der Waals surface area contributed by atoms with Crippen LogP contribution in [0.3, 0.4) is 0 Å². The molecule has 0 aliphatic carbocycles. The number of ether oxygens (including phenoxy) is 1. The SMILES string of the molecule is COc1cccc(Nc2c(C(N)=O)cnc3c2cnn3C)c1. The first-order chi connectivity index (χ1) is 10.6. The van der Waals surface area contributed by atoms with E-state index in [1.165, 1.54) is 6.20 Å². The fourth-order valence-electron chi connectivity index (χ4n) is 2.26. The Morgan fingerprint density at radius 1 is 1.36 bits per heavy atom. The van der Waals surface area contributed by atoms with Crippen molar-refractivity contribution in [1.82, 2.24) is 14.8 Å². The second-order valence-electron chi connectivity index (χ2n) is 4.77. The molecule has 2 aromatic heterocycles. The van der Waals surface area contributed by atoms with Gasteiger partial charge < -0.3 is 15.8 Å². The number of carbonyl (C=O) groups excluding carboxylic acids is 1. The number of nitrogens with one attached hydrogen (secondary N) is 1. The Hall–Kier alpha value is -3.09. The van der Waals surface area contributed by atoms with Crippen molar-refractivity contribution >= 4 is 28.3 Å². The predicted molar refractivity (Wildman–Crippen MR) is 83.3 cm³/mol. The van der Waals surface area contributed by atoms with E-state index in [2.05, 4.69) is 15.4 Å². The van der Waals surface area contributed by atoms with Crippen molar-refractivity contribution in [2.45, 2.75) is 0 Å². The molecule has 0 aliphatic rings. The number of hydrogen-bond acceptors (Lipinski definition) is 5. The third-order valence-corrected chi connectivity index (χ3v) is 3.37. The van der Waals surface area contributed by atoms with Crippen LogP contribution in [0.4, 0.5) is 11.4 Å². The predicted octanol–water partition coefficient (Wildman–Crippen LogP) is 1.82. The number of nitrogens with zero attached hydrogens (tertiary/aromatic N) is 3. The summed E-state index contributed by atoms with van der Waals surface area (Å²) in [6.45, 7) is 0. The van der Waals surface area contributed by atoms with Crippen molar-refractivity contribution in [3.05, 3.63) is 42.2 Å². The molecule has 0 aliphatic heterocycles. The molecule has 0 radical (unpaired) electrons. The Morgan fingerprint density at radius 2 is 2.18 bits per heavy atom. The highest BCUT2D eigenvalue weighted by molar-refractivity contribution is 6.06. The van der Waals surface area contributed by atoms with Gasteiger partial charge in [0.25, 0.3) is 5.91 Å². The zero-order valence-corrected chi connectivity index (χ0v) is 12.2. The molecule has 3 N–H and O–H groups in total. The number of anilines is 2. The van der Waals surface area contributed by atoms with E-state index in [-0.39, 0.29) is 0 Å². The average Bonchev–Trinajstić information content (AvgIpc) is 2.89. The lowest BCUT2D eigenvalue weighted by Gasteiger charge is -2.12. The molecular formula is C15H15N5O2. The monoisotopic (exact) mass is 297 g/mol. The van der Waals surface area contributed by atoms with Crippen LogP contribution in [-0.4, -0.2) is 27.8 Å². The van der Waals surface area contributed by atoms with Crippen molar-refractivity contribution in [2.75, 3.05) is 12.4 Å². The molecule has 1 amide bonds. The molecule has 0 fully saturated rings. The summed E-state index contributed by atoms with van der Waals surface area (Å²) in [5.41, 5.74) is 7.78. The summed E-state index contributed by atoms with van der Waals surface area (Å²) in [6, 6.07) is 7.39. The highest BCUT2D eigenvalue weighted by Crippen LogP contribution is 2.29. The van der Waals surface area contributed by atoms with Gasteiger partial charge in [-0.15, -0.1) is 0 Å². The van der Waals surface area contributed by atoms with E-state index in [1.807, 2.05) is 24.3 Å². The summed E-state index contributed by atoms with van der Waals surface area (Å²) in [5, 5.41) is 8.10. The van der Waals surface area contributed by atoms with E-state index >= 15 is 0 Å². The Bertz CT molecular complexity index is 856. The van der Waals surface area contributed by atoms with Crippen molar-refractivity contribution in [2.24, 2.45) is 12.8 Å². The van der Waals surface area contributed by atoms with E-state index in [4.69, 9.17) is 10.5 Å². The number of nitrogens with two attached hydrogens (primary N) is 1. The third kappa shape index (κ3) is 2.32. The van der Waals surface area contributed by atoms with Gasteiger partial charge in [0, 0.05) is 25.0 Å². The maximum atomic E-state index is 11.7. The van der Waals surface area contributed by atoms with Crippen molar-refractivity contribution in [1.29, 1.82) is 0 Å². The Labute approximate surface area is 126 Å². The smallest absolute Gasteiger partial charge is 0.252 e. The molecule has 0 spiro atoms. The van der Waals surface area contributed by atoms with Crippen LogP contribution in [0.15, 0.2) is 36.7 Å².